The molecular weight excluding hydrogens is 178 g/mol. The van der Waals surface area contributed by atoms with E-state index in [2.05, 4.69) is 5.48 Å². The molecule has 2 aromatic rings. The first kappa shape index (κ1) is 7.46. The summed E-state index contributed by atoms with van der Waals surface area (Å²) in [5.41, 5.74) is 3.23. The van der Waals surface area contributed by atoms with E-state index < -0.39 is 0 Å². The third-order valence-corrected chi connectivity index (χ3v) is 1.99. The Labute approximate surface area is 73.5 Å². The van der Waals surface area contributed by atoms with Crippen LogP contribution >= 0.6 is 11.6 Å². The van der Waals surface area contributed by atoms with E-state index in [0.29, 0.717) is 16.3 Å². The molecule has 0 amide bonds. The van der Waals surface area contributed by atoms with E-state index in [4.69, 9.17) is 21.2 Å². The number of hydrogen-bond acceptors (Lipinski definition) is 3. The third-order valence-electron chi connectivity index (χ3n) is 1.69. The number of furan rings is 1. The van der Waals surface area contributed by atoms with E-state index in [9.17, 15) is 0 Å². The molecule has 1 heterocycles. The molecule has 0 bridgehead atoms. The Bertz CT molecular complexity index is 410. The van der Waals surface area contributed by atoms with Gasteiger partial charge in [-0.3, -0.25) is 10.7 Å². The lowest BCUT2D eigenvalue weighted by molar-refractivity contribution is 0.390. The Morgan fingerprint density at radius 3 is 2.92 bits per heavy atom. The van der Waals surface area contributed by atoms with Crippen molar-refractivity contribution >= 4 is 28.3 Å². The first-order valence-corrected chi connectivity index (χ1v) is 3.76. The topological polar surface area (TPSA) is 45.4 Å². The average Bonchev–Trinajstić information content (AvgIpc) is 2.54. The van der Waals surface area contributed by atoms with Gasteiger partial charge in [-0.1, -0.05) is 11.6 Å². The predicted octanol–water partition coefficient (Wildman–Crippen LogP) is 2.89. The first-order valence-electron chi connectivity index (χ1n) is 3.39. The first-order chi connectivity index (χ1) is 5.83. The number of nitrogens with one attached hydrogen (secondary N) is 1. The number of fused-ring (bicyclic) bond motifs is 1. The van der Waals surface area contributed by atoms with Crippen LogP contribution in [-0.4, -0.2) is 5.21 Å². The zero-order chi connectivity index (χ0) is 8.55. The van der Waals surface area contributed by atoms with Crippen LogP contribution in [0.4, 0.5) is 5.69 Å². The second-order valence-electron chi connectivity index (χ2n) is 2.37. The third kappa shape index (κ3) is 0.948. The fourth-order valence-electron chi connectivity index (χ4n) is 1.13. The van der Waals surface area contributed by atoms with Crippen molar-refractivity contribution in [1.82, 2.24) is 0 Å². The van der Waals surface area contributed by atoms with Crippen LogP contribution in [0.2, 0.25) is 5.02 Å². The Morgan fingerprint density at radius 1 is 1.33 bits per heavy atom. The van der Waals surface area contributed by atoms with Gasteiger partial charge in [0.15, 0.2) is 5.58 Å². The van der Waals surface area contributed by atoms with Crippen LogP contribution in [0.1, 0.15) is 0 Å². The standard InChI is InChI=1S/C8H6ClNO2/c9-6-1-2-7(10-11)5-3-4-12-8(5)6/h1-4,10-11H. The molecule has 1 aromatic carbocycles. The lowest BCUT2D eigenvalue weighted by Gasteiger charge is -1.99. The van der Waals surface area contributed by atoms with Crippen molar-refractivity contribution in [2.45, 2.75) is 0 Å². The quantitative estimate of drug-likeness (QED) is 0.669. The molecule has 0 saturated carbocycles. The van der Waals surface area contributed by atoms with Crippen molar-refractivity contribution in [3.8, 4) is 0 Å². The van der Waals surface area contributed by atoms with Crippen LogP contribution < -0.4 is 5.48 Å². The average molecular weight is 184 g/mol. The van der Waals surface area contributed by atoms with Crippen LogP contribution in [0.15, 0.2) is 28.9 Å². The van der Waals surface area contributed by atoms with Crippen molar-refractivity contribution in [2.75, 3.05) is 5.48 Å². The van der Waals surface area contributed by atoms with Gasteiger partial charge in [0.2, 0.25) is 0 Å². The Kier molecular flexibility index (Phi) is 1.67. The van der Waals surface area contributed by atoms with Gasteiger partial charge in [0.1, 0.15) is 0 Å². The summed E-state index contributed by atoms with van der Waals surface area (Å²) in [7, 11) is 0. The zero-order valence-electron chi connectivity index (χ0n) is 6.04. The molecule has 0 spiro atoms. The predicted molar refractivity (Wildman–Crippen MR) is 46.6 cm³/mol. The van der Waals surface area contributed by atoms with Gasteiger partial charge < -0.3 is 4.42 Å². The summed E-state index contributed by atoms with van der Waals surface area (Å²) < 4.78 is 5.11. The van der Waals surface area contributed by atoms with E-state index in [1.165, 1.54) is 6.26 Å². The molecule has 0 aliphatic rings. The monoisotopic (exact) mass is 183 g/mol. The highest BCUT2D eigenvalue weighted by Crippen LogP contribution is 2.30. The molecule has 2 N–H and O–H groups in total. The summed E-state index contributed by atoms with van der Waals surface area (Å²) in [5, 5.41) is 10.0. The molecule has 62 valence electrons. The molecule has 4 heteroatoms. The van der Waals surface area contributed by atoms with Gasteiger partial charge in [-0.2, -0.15) is 0 Å². The van der Waals surface area contributed by atoms with E-state index in [-0.39, 0.29) is 0 Å². The molecule has 0 atom stereocenters. The van der Waals surface area contributed by atoms with E-state index in [0.717, 1.165) is 5.39 Å². The fourth-order valence-corrected chi connectivity index (χ4v) is 1.34. The highest BCUT2D eigenvalue weighted by Gasteiger charge is 2.05. The molecule has 0 radical (unpaired) electrons. The maximum absolute atomic E-state index is 8.71. The van der Waals surface area contributed by atoms with Crippen LogP contribution in [0, 0.1) is 0 Å². The van der Waals surface area contributed by atoms with Gasteiger partial charge in [0.05, 0.1) is 17.0 Å². The van der Waals surface area contributed by atoms with Gasteiger partial charge in [0.25, 0.3) is 0 Å². The highest BCUT2D eigenvalue weighted by atomic mass is 35.5. The summed E-state index contributed by atoms with van der Waals surface area (Å²) in [4.78, 5) is 0. The summed E-state index contributed by atoms with van der Waals surface area (Å²) in [5.74, 6) is 0. The zero-order valence-corrected chi connectivity index (χ0v) is 6.80. The lowest BCUT2D eigenvalue weighted by Crippen LogP contribution is -1.88. The van der Waals surface area contributed by atoms with Gasteiger partial charge in [-0.25, -0.2) is 0 Å². The van der Waals surface area contributed by atoms with Crippen LogP contribution in [0.5, 0.6) is 0 Å². The van der Waals surface area contributed by atoms with Crippen molar-refractivity contribution < 1.29 is 9.62 Å². The lowest BCUT2D eigenvalue weighted by atomic mass is 10.2. The minimum Gasteiger partial charge on any atom is -0.463 e. The van der Waals surface area contributed by atoms with Crippen LogP contribution in [0.3, 0.4) is 0 Å². The van der Waals surface area contributed by atoms with Gasteiger partial charge in [-0.15, -0.1) is 0 Å². The summed E-state index contributed by atoms with van der Waals surface area (Å²) in [6.07, 6.45) is 1.53. The number of benzene rings is 1. The maximum Gasteiger partial charge on any atom is 0.154 e. The second-order valence-corrected chi connectivity index (χ2v) is 2.78. The molecule has 0 saturated heterocycles. The second kappa shape index (κ2) is 2.69. The number of halogens is 1. The smallest absolute Gasteiger partial charge is 0.154 e. The van der Waals surface area contributed by atoms with Gasteiger partial charge in [0, 0.05) is 5.39 Å². The normalized spacial score (nSPS) is 10.5. The molecule has 0 unspecified atom stereocenters. The molecule has 3 nitrogen and oxygen atoms in total. The minimum atomic E-state index is 0.536. The maximum atomic E-state index is 8.71. The van der Waals surface area contributed by atoms with Gasteiger partial charge in [-0.05, 0) is 18.2 Å². The summed E-state index contributed by atoms with van der Waals surface area (Å²) >= 11 is 5.82. The van der Waals surface area contributed by atoms with Crippen molar-refractivity contribution in [1.29, 1.82) is 0 Å². The van der Waals surface area contributed by atoms with E-state index >= 15 is 0 Å². The molecule has 1 aromatic heterocycles. The van der Waals surface area contributed by atoms with Crippen LogP contribution in [-0.2, 0) is 0 Å². The molecule has 2 rings (SSSR count). The number of hydrogen-bond donors (Lipinski definition) is 2. The SMILES string of the molecule is ONc1ccc(Cl)c2occc12. The Hall–Kier alpha value is -1.19. The number of rotatable bonds is 1. The summed E-state index contributed by atoms with van der Waals surface area (Å²) in [6.45, 7) is 0. The van der Waals surface area contributed by atoms with Crippen LogP contribution in [0.25, 0.3) is 11.0 Å². The van der Waals surface area contributed by atoms with E-state index in [1.807, 2.05) is 0 Å². The van der Waals surface area contributed by atoms with Gasteiger partial charge >= 0.3 is 0 Å². The molecule has 0 fully saturated rings. The Morgan fingerprint density at radius 2 is 2.17 bits per heavy atom. The molecule has 0 aliphatic heterocycles. The minimum absolute atomic E-state index is 0.536. The largest absolute Gasteiger partial charge is 0.463 e. The Balaban J connectivity index is 2.82. The van der Waals surface area contributed by atoms with Crippen molar-refractivity contribution in [3.05, 3.63) is 29.5 Å². The highest BCUT2D eigenvalue weighted by molar-refractivity contribution is 6.35. The number of anilines is 1. The van der Waals surface area contributed by atoms with E-state index in [1.54, 1.807) is 18.2 Å². The molecular formula is C8H6ClNO2. The fraction of sp³-hybridized carbons (Fsp3) is 0. The molecule has 12 heavy (non-hydrogen) atoms. The van der Waals surface area contributed by atoms with Crippen molar-refractivity contribution in [2.24, 2.45) is 0 Å². The molecule has 0 aliphatic carbocycles. The summed E-state index contributed by atoms with van der Waals surface area (Å²) in [6, 6.07) is 5.08. The van der Waals surface area contributed by atoms with Crippen molar-refractivity contribution in [3.63, 3.8) is 0 Å².